The van der Waals surface area contributed by atoms with Crippen molar-refractivity contribution in [3.63, 3.8) is 0 Å². The molecule has 1 unspecified atom stereocenters. The third-order valence-corrected chi connectivity index (χ3v) is 8.64. The summed E-state index contributed by atoms with van der Waals surface area (Å²) in [5.74, 6) is 0.562. The Hall–Kier alpha value is -5.31. The molecule has 4 heterocycles. The summed E-state index contributed by atoms with van der Waals surface area (Å²) in [6.45, 7) is 1.01. The van der Waals surface area contributed by atoms with E-state index in [0.29, 0.717) is 30.5 Å². The average Bonchev–Trinajstić information content (AvgIpc) is 3.65. The van der Waals surface area contributed by atoms with Crippen LogP contribution in [0.15, 0.2) is 67.3 Å². The van der Waals surface area contributed by atoms with Crippen LogP contribution in [0.25, 0.3) is 11.1 Å². The number of hydrogen-bond donors (Lipinski definition) is 2. The number of aromatic nitrogens is 5. The number of aryl methyl sites for hydroxylation is 1. The third kappa shape index (κ3) is 6.77. The number of pyridine rings is 1. The largest absolute Gasteiger partial charge is 0.351 e. The van der Waals surface area contributed by atoms with Crippen molar-refractivity contribution < 1.29 is 9.59 Å². The van der Waals surface area contributed by atoms with Crippen molar-refractivity contribution >= 4 is 23.6 Å². The van der Waals surface area contributed by atoms with Crippen LogP contribution in [0.2, 0.25) is 0 Å². The Bertz CT molecular complexity index is 1690. The number of nitriles is 1. The molecule has 1 saturated heterocycles. The maximum Gasteiger partial charge on any atom is 0.243 e. The zero-order valence-corrected chi connectivity index (χ0v) is 25.4. The Balaban J connectivity index is 1.15. The molecule has 1 atom stereocenters. The number of carbonyl (C=O) groups is 2. The fourth-order valence-corrected chi connectivity index (χ4v) is 6.17. The molecule has 12 nitrogen and oxygen atoms in total. The van der Waals surface area contributed by atoms with E-state index in [1.54, 1.807) is 27.7 Å². The highest BCUT2D eigenvalue weighted by Crippen LogP contribution is 2.37. The molecule has 1 aliphatic carbocycles. The molecular formula is C33H36N10O2. The maximum atomic E-state index is 13.8. The number of likely N-dealkylation sites (N-methyl/N-ethyl adjacent to an activating group) is 1. The number of benzene rings is 1. The minimum Gasteiger partial charge on any atom is -0.351 e. The van der Waals surface area contributed by atoms with Crippen molar-refractivity contribution in [2.45, 2.75) is 44.2 Å². The summed E-state index contributed by atoms with van der Waals surface area (Å²) in [7, 11) is 3.61. The van der Waals surface area contributed by atoms with Gasteiger partial charge >= 0.3 is 0 Å². The van der Waals surface area contributed by atoms with Crippen molar-refractivity contribution in [2.24, 2.45) is 13.0 Å². The van der Waals surface area contributed by atoms with Crippen molar-refractivity contribution in [3.8, 4) is 17.2 Å². The van der Waals surface area contributed by atoms with Crippen LogP contribution in [0.4, 0.5) is 11.8 Å². The van der Waals surface area contributed by atoms with E-state index in [0.717, 1.165) is 48.1 Å². The molecule has 6 rings (SSSR count). The van der Waals surface area contributed by atoms with Crippen LogP contribution in [-0.4, -0.2) is 67.7 Å². The van der Waals surface area contributed by atoms with Crippen LogP contribution in [0.3, 0.4) is 0 Å². The first kappa shape index (κ1) is 29.7. The Labute approximate surface area is 262 Å². The zero-order valence-electron chi connectivity index (χ0n) is 25.4. The van der Waals surface area contributed by atoms with Gasteiger partial charge in [0.05, 0.1) is 30.7 Å². The molecule has 1 saturated carbocycles. The smallest absolute Gasteiger partial charge is 0.243 e. The van der Waals surface area contributed by atoms with Crippen molar-refractivity contribution in [1.29, 1.82) is 5.26 Å². The lowest BCUT2D eigenvalue weighted by molar-refractivity contribution is -0.125. The topological polar surface area (TPSA) is 145 Å². The number of anilines is 2. The van der Waals surface area contributed by atoms with Gasteiger partial charge in [0.2, 0.25) is 17.8 Å². The van der Waals surface area contributed by atoms with Gasteiger partial charge in [0.1, 0.15) is 18.2 Å². The van der Waals surface area contributed by atoms with Crippen LogP contribution < -0.4 is 15.5 Å². The first-order valence-corrected chi connectivity index (χ1v) is 15.2. The van der Waals surface area contributed by atoms with Crippen LogP contribution in [0.1, 0.15) is 48.4 Å². The van der Waals surface area contributed by atoms with Gasteiger partial charge in [0, 0.05) is 50.2 Å². The molecule has 2 amide bonds. The fourth-order valence-electron chi connectivity index (χ4n) is 6.17. The van der Waals surface area contributed by atoms with Gasteiger partial charge < -0.3 is 20.4 Å². The molecule has 4 aromatic rings. The Morgan fingerprint density at radius 1 is 1.02 bits per heavy atom. The van der Waals surface area contributed by atoms with Gasteiger partial charge in [-0.2, -0.15) is 15.3 Å². The predicted octanol–water partition coefficient (Wildman–Crippen LogP) is 3.45. The summed E-state index contributed by atoms with van der Waals surface area (Å²) >= 11 is 0. The molecule has 1 aromatic carbocycles. The van der Waals surface area contributed by atoms with Gasteiger partial charge in [-0.15, -0.1) is 0 Å². The summed E-state index contributed by atoms with van der Waals surface area (Å²) in [6.07, 6.45) is 10.4. The van der Waals surface area contributed by atoms with Gasteiger partial charge in [0.25, 0.3) is 0 Å². The number of hydrogen-bond acceptors (Lipinski definition) is 9. The van der Waals surface area contributed by atoms with E-state index in [1.807, 2.05) is 61.9 Å². The second kappa shape index (κ2) is 13.1. The molecule has 0 radical (unpaired) electrons. The Morgan fingerprint density at radius 2 is 1.82 bits per heavy atom. The first-order valence-electron chi connectivity index (χ1n) is 15.2. The van der Waals surface area contributed by atoms with Gasteiger partial charge in [-0.3, -0.25) is 19.3 Å². The summed E-state index contributed by atoms with van der Waals surface area (Å²) in [6, 6.07) is 16.1. The standard InChI is InChI=1S/C33H36N10O2/c1-41-21-43(20-29(41)44)31-25(14-34)17-37-33(40-31)39-27-11-8-23(9-12-27)30(32(45)36-15-22-6-4-3-5-7-22)28-13-10-24(16-35-28)26-18-38-42(2)19-26/h3-7,10,13,16-19,23,27,30H,8-9,11-12,15,20-21H2,1-2H3,(H,36,45)(H,37,39,40). The number of nitrogens with one attached hydrogen (secondary N) is 2. The van der Waals surface area contributed by atoms with E-state index in [4.69, 9.17) is 4.98 Å². The quantitative estimate of drug-likeness (QED) is 0.293. The van der Waals surface area contributed by atoms with E-state index < -0.39 is 0 Å². The number of carbonyl (C=O) groups excluding carboxylic acids is 2. The van der Waals surface area contributed by atoms with Gasteiger partial charge in [-0.05, 0) is 43.2 Å². The minimum atomic E-state index is -0.389. The maximum absolute atomic E-state index is 13.8. The van der Waals surface area contributed by atoms with Crippen LogP contribution >= 0.6 is 0 Å². The highest BCUT2D eigenvalue weighted by atomic mass is 16.2. The van der Waals surface area contributed by atoms with E-state index in [2.05, 4.69) is 31.8 Å². The molecule has 0 bridgehead atoms. The van der Waals surface area contributed by atoms with Gasteiger partial charge in [-0.1, -0.05) is 36.4 Å². The molecule has 2 aliphatic rings. The summed E-state index contributed by atoms with van der Waals surface area (Å²) < 4.78 is 1.76. The minimum absolute atomic E-state index is 0.0195. The summed E-state index contributed by atoms with van der Waals surface area (Å²) in [4.78, 5) is 43.0. The molecule has 3 aromatic heterocycles. The van der Waals surface area contributed by atoms with Crippen LogP contribution in [0.5, 0.6) is 0 Å². The molecular weight excluding hydrogens is 568 g/mol. The zero-order chi connectivity index (χ0) is 31.3. The molecule has 0 spiro atoms. The molecule has 12 heteroatoms. The van der Waals surface area contributed by atoms with Crippen molar-refractivity contribution in [2.75, 3.05) is 30.5 Å². The number of rotatable bonds is 9. The lowest BCUT2D eigenvalue weighted by Crippen LogP contribution is -2.37. The summed E-state index contributed by atoms with van der Waals surface area (Å²) in [5, 5.41) is 20.5. The van der Waals surface area contributed by atoms with Crippen molar-refractivity contribution in [3.05, 3.63) is 84.1 Å². The molecule has 45 heavy (non-hydrogen) atoms. The number of amides is 2. The van der Waals surface area contributed by atoms with E-state index in [9.17, 15) is 14.9 Å². The Morgan fingerprint density at radius 3 is 2.47 bits per heavy atom. The highest BCUT2D eigenvalue weighted by Gasteiger charge is 2.35. The third-order valence-electron chi connectivity index (χ3n) is 8.64. The van der Waals surface area contributed by atoms with E-state index >= 15 is 0 Å². The van der Waals surface area contributed by atoms with Gasteiger partial charge in [-0.25, -0.2) is 4.98 Å². The average molecular weight is 605 g/mol. The monoisotopic (exact) mass is 604 g/mol. The first-order chi connectivity index (χ1) is 21.9. The highest BCUT2D eigenvalue weighted by molar-refractivity contribution is 5.85. The lowest BCUT2D eigenvalue weighted by atomic mass is 9.76. The normalized spacial score (nSPS) is 18.8. The SMILES string of the molecule is CN1CN(c2nc(NC3CCC(C(C(=O)NCc4ccccc4)c4ccc(-c5cnn(C)c5)cn4)CC3)ncc2C#N)CC1=O. The second-order valence-corrected chi connectivity index (χ2v) is 11.8. The van der Waals surface area contributed by atoms with E-state index in [1.165, 1.54) is 6.20 Å². The molecule has 230 valence electrons. The van der Waals surface area contributed by atoms with Gasteiger partial charge in [0.15, 0.2) is 5.82 Å². The molecule has 2 N–H and O–H groups in total. The predicted molar refractivity (Wildman–Crippen MR) is 169 cm³/mol. The summed E-state index contributed by atoms with van der Waals surface area (Å²) in [5.41, 5.74) is 4.07. The van der Waals surface area contributed by atoms with E-state index in [-0.39, 0.29) is 36.2 Å². The molecule has 1 aliphatic heterocycles. The lowest BCUT2D eigenvalue weighted by Gasteiger charge is -2.33. The molecule has 2 fully saturated rings. The van der Waals surface area contributed by atoms with Crippen molar-refractivity contribution in [1.82, 2.24) is 34.9 Å². The van der Waals surface area contributed by atoms with Crippen LogP contribution in [-0.2, 0) is 23.2 Å². The fraction of sp³-hybridized carbons (Fsp3) is 0.364. The number of nitrogens with zero attached hydrogens (tertiary/aromatic N) is 8. The van der Waals surface area contributed by atoms with Crippen LogP contribution in [0, 0.1) is 17.2 Å². The second-order valence-electron chi connectivity index (χ2n) is 11.8. The Kier molecular flexibility index (Phi) is 8.68.